The molecule has 0 aliphatic carbocycles. The number of anilines is 1. The van der Waals surface area contributed by atoms with E-state index in [1.165, 1.54) is 0 Å². The van der Waals surface area contributed by atoms with Crippen LogP contribution in [0, 0.1) is 12.8 Å². The second-order valence-corrected chi connectivity index (χ2v) is 6.20. The summed E-state index contributed by atoms with van der Waals surface area (Å²) in [5, 5.41) is 2.93. The number of aldehydes is 1. The first-order valence-electron chi connectivity index (χ1n) is 6.82. The van der Waals surface area contributed by atoms with Gasteiger partial charge in [0.15, 0.2) is 0 Å². The number of carbonyl (C=O) groups excluding carboxylic acids is 2. The molecule has 1 N–H and O–H groups in total. The van der Waals surface area contributed by atoms with Gasteiger partial charge in [0.05, 0.1) is 6.54 Å². The van der Waals surface area contributed by atoms with Crippen LogP contribution in [0.5, 0.6) is 0 Å². The van der Waals surface area contributed by atoms with E-state index >= 15 is 0 Å². The molecule has 0 radical (unpaired) electrons. The van der Waals surface area contributed by atoms with E-state index in [1.54, 1.807) is 0 Å². The standard InChI is InChI=1S/C15H19BrN2O2/c1-11-7-13(16)4-5-14(11)17-15(20)9-18-6-2-3-12(8-18)10-19/h4-5,7,10,12H,2-3,6,8-9H2,1H3,(H,17,20). The summed E-state index contributed by atoms with van der Waals surface area (Å²) in [4.78, 5) is 24.9. The largest absolute Gasteiger partial charge is 0.325 e. The van der Waals surface area contributed by atoms with Crippen LogP contribution in [0.4, 0.5) is 5.69 Å². The number of likely N-dealkylation sites (tertiary alicyclic amines) is 1. The van der Waals surface area contributed by atoms with Crippen LogP contribution in [0.15, 0.2) is 22.7 Å². The molecule has 1 heterocycles. The highest BCUT2D eigenvalue weighted by Gasteiger charge is 2.21. The molecule has 0 aromatic heterocycles. The van der Waals surface area contributed by atoms with Crippen LogP contribution < -0.4 is 5.32 Å². The molecule has 0 saturated carbocycles. The predicted molar refractivity (Wildman–Crippen MR) is 82.7 cm³/mol. The lowest BCUT2D eigenvalue weighted by Gasteiger charge is -2.29. The summed E-state index contributed by atoms with van der Waals surface area (Å²) in [6, 6.07) is 5.77. The number of amides is 1. The van der Waals surface area contributed by atoms with E-state index in [0.717, 1.165) is 41.4 Å². The molecule has 0 spiro atoms. The van der Waals surface area contributed by atoms with Gasteiger partial charge in [-0.2, -0.15) is 0 Å². The van der Waals surface area contributed by atoms with Gasteiger partial charge >= 0.3 is 0 Å². The van der Waals surface area contributed by atoms with Gasteiger partial charge in [0.25, 0.3) is 0 Å². The third kappa shape index (κ3) is 4.15. The second kappa shape index (κ2) is 6.99. The van der Waals surface area contributed by atoms with Gasteiger partial charge in [-0.3, -0.25) is 9.69 Å². The molecule has 1 aromatic rings. The van der Waals surface area contributed by atoms with E-state index < -0.39 is 0 Å². The molecule has 20 heavy (non-hydrogen) atoms. The van der Waals surface area contributed by atoms with Crippen LogP contribution in [-0.4, -0.2) is 36.7 Å². The van der Waals surface area contributed by atoms with Gasteiger partial charge in [0.1, 0.15) is 6.29 Å². The quantitative estimate of drug-likeness (QED) is 0.858. The van der Waals surface area contributed by atoms with Gasteiger partial charge in [-0.25, -0.2) is 0 Å². The van der Waals surface area contributed by atoms with Crippen LogP contribution in [0.3, 0.4) is 0 Å². The average Bonchev–Trinajstić information content (AvgIpc) is 2.42. The fraction of sp³-hybridized carbons (Fsp3) is 0.467. The third-order valence-electron chi connectivity index (χ3n) is 3.56. The molecule has 108 valence electrons. The number of carbonyl (C=O) groups is 2. The maximum absolute atomic E-state index is 12.1. The molecule has 5 heteroatoms. The highest BCUT2D eigenvalue weighted by Crippen LogP contribution is 2.20. The van der Waals surface area contributed by atoms with Gasteiger partial charge in [-0.15, -0.1) is 0 Å². The Bertz CT molecular complexity index is 505. The molecule has 1 fully saturated rings. The number of rotatable bonds is 4. The minimum Gasteiger partial charge on any atom is -0.325 e. The highest BCUT2D eigenvalue weighted by atomic mass is 79.9. The summed E-state index contributed by atoms with van der Waals surface area (Å²) >= 11 is 3.40. The lowest BCUT2D eigenvalue weighted by atomic mass is 10.00. The van der Waals surface area contributed by atoms with Crippen LogP contribution in [-0.2, 0) is 9.59 Å². The number of nitrogens with zero attached hydrogens (tertiary/aromatic N) is 1. The smallest absolute Gasteiger partial charge is 0.238 e. The van der Waals surface area contributed by atoms with Crippen molar-refractivity contribution in [1.82, 2.24) is 4.90 Å². The van der Waals surface area contributed by atoms with Crippen LogP contribution in [0.1, 0.15) is 18.4 Å². The van der Waals surface area contributed by atoms with E-state index in [2.05, 4.69) is 21.2 Å². The summed E-state index contributed by atoms with van der Waals surface area (Å²) in [7, 11) is 0. The zero-order valence-corrected chi connectivity index (χ0v) is 13.1. The number of halogens is 1. The van der Waals surface area contributed by atoms with Crippen molar-refractivity contribution in [2.75, 3.05) is 25.0 Å². The maximum Gasteiger partial charge on any atom is 0.238 e. The molecule has 1 aromatic carbocycles. The Balaban J connectivity index is 1.90. The predicted octanol–water partition coefficient (Wildman–Crippen LogP) is 2.61. The Morgan fingerprint density at radius 2 is 2.35 bits per heavy atom. The minimum atomic E-state index is -0.0260. The first-order valence-corrected chi connectivity index (χ1v) is 7.61. The number of nitrogens with one attached hydrogen (secondary N) is 1. The minimum absolute atomic E-state index is 0.0260. The van der Waals surface area contributed by atoms with Gasteiger partial charge < -0.3 is 10.1 Å². The first-order chi connectivity index (χ1) is 9.58. The lowest BCUT2D eigenvalue weighted by Crippen LogP contribution is -2.40. The molecule has 2 rings (SSSR count). The lowest BCUT2D eigenvalue weighted by molar-refractivity contribution is -0.119. The Hall–Kier alpha value is -1.20. The number of benzene rings is 1. The first kappa shape index (κ1) is 15.2. The Morgan fingerprint density at radius 3 is 3.05 bits per heavy atom. The van der Waals surface area contributed by atoms with Crippen molar-refractivity contribution < 1.29 is 9.59 Å². The summed E-state index contributed by atoms with van der Waals surface area (Å²) in [5.74, 6) is 0.0490. The van der Waals surface area contributed by atoms with E-state index in [1.807, 2.05) is 30.0 Å². The Morgan fingerprint density at radius 1 is 1.55 bits per heavy atom. The fourth-order valence-electron chi connectivity index (χ4n) is 2.51. The number of piperidine rings is 1. The van der Waals surface area contributed by atoms with E-state index in [4.69, 9.17) is 0 Å². The molecule has 1 atom stereocenters. The van der Waals surface area contributed by atoms with Crippen molar-refractivity contribution in [1.29, 1.82) is 0 Å². The van der Waals surface area contributed by atoms with Gasteiger partial charge in [-0.05, 0) is 50.1 Å². The second-order valence-electron chi connectivity index (χ2n) is 5.28. The maximum atomic E-state index is 12.1. The van der Waals surface area contributed by atoms with Gasteiger partial charge in [-0.1, -0.05) is 15.9 Å². The average molecular weight is 339 g/mol. The molecular weight excluding hydrogens is 320 g/mol. The number of hydrogen-bond acceptors (Lipinski definition) is 3. The highest BCUT2D eigenvalue weighted by molar-refractivity contribution is 9.10. The number of hydrogen-bond donors (Lipinski definition) is 1. The molecule has 1 unspecified atom stereocenters. The van der Waals surface area contributed by atoms with E-state index in [9.17, 15) is 9.59 Å². The van der Waals surface area contributed by atoms with Gasteiger partial charge in [0.2, 0.25) is 5.91 Å². The normalized spacial score (nSPS) is 19.6. The van der Waals surface area contributed by atoms with Gasteiger partial charge in [0, 0.05) is 22.6 Å². The molecule has 1 amide bonds. The monoisotopic (exact) mass is 338 g/mol. The summed E-state index contributed by atoms with van der Waals surface area (Å²) in [6.07, 6.45) is 2.92. The molecule has 1 aliphatic rings. The summed E-state index contributed by atoms with van der Waals surface area (Å²) in [5.41, 5.74) is 1.86. The van der Waals surface area contributed by atoms with Crippen LogP contribution >= 0.6 is 15.9 Å². The molecule has 4 nitrogen and oxygen atoms in total. The van der Waals surface area contributed by atoms with Crippen molar-refractivity contribution in [2.45, 2.75) is 19.8 Å². The number of aryl methyl sites for hydroxylation is 1. The Kier molecular flexibility index (Phi) is 5.31. The van der Waals surface area contributed by atoms with Crippen molar-refractivity contribution in [2.24, 2.45) is 5.92 Å². The zero-order chi connectivity index (χ0) is 14.5. The van der Waals surface area contributed by atoms with Crippen LogP contribution in [0.25, 0.3) is 0 Å². The summed E-state index contributed by atoms with van der Waals surface area (Å²) < 4.78 is 0.998. The van der Waals surface area contributed by atoms with Crippen molar-refractivity contribution in [3.05, 3.63) is 28.2 Å². The molecular formula is C15H19BrN2O2. The summed E-state index contributed by atoms with van der Waals surface area (Å²) in [6.45, 7) is 3.89. The zero-order valence-electron chi connectivity index (χ0n) is 11.6. The molecule has 0 bridgehead atoms. The molecule has 1 saturated heterocycles. The van der Waals surface area contributed by atoms with E-state index in [-0.39, 0.29) is 11.8 Å². The third-order valence-corrected chi connectivity index (χ3v) is 4.06. The fourth-order valence-corrected chi connectivity index (χ4v) is 2.98. The van der Waals surface area contributed by atoms with Crippen molar-refractivity contribution >= 4 is 33.8 Å². The topological polar surface area (TPSA) is 49.4 Å². The molecule has 1 aliphatic heterocycles. The van der Waals surface area contributed by atoms with Crippen molar-refractivity contribution in [3.8, 4) is 0 Å². The van der Waals surface area contributed by atoms with Crippen molar-refractivity contribution in [3.63, 3.8) is 0 Å². The van der Waals surface area contributed by atoms with E-state index in [0.29, 0.717) is 13.1 Å². The van der Waals surface area contributed by atoms with Crippen LogP contribution in [0.2, 0.25) is 0 Å². The SMILES string of the molecule is Cc1cc(Br)ccc1NC(=O)CN1CCCC(C=O)C1. The Labute approximate surface area is 127 Å².